The average molecular weight is 685 g/mol. The molecule has 0 heterocycles. The molecule has 0 unspecified atom stereocenters. The second-order valence-corrected chi connectivity index (χ2v) is 14.1. The van der Waals surface area contributed by atoms with Gasteiger partial charge >= 0.3 is 0 Å². The Bertz CT molecular complexity index is 1770. The molecule has 7 nitrogen and oxygen atoms in total. The summed E-state index contributed by atoms with van der Waals surface area (Å²) in [5.41, 5.74) is 1.89. The van der Waals surface area contributed by atoms with Gasteiger partial charge in [-0.15, -0.1) is 0 Å². The van der Waals surface area contributed by atoms with E-state index in [4.69, 9.17) is 23.2 Å². The van der Waals surface area contributed by atoms with Crippen LogP contribution in [0.4, 0.5) is 10.1 Å². The molecule has 4 aromatic carbocycles. The number of amides is 2. The standard InChI is InChI=1S/C35H36Cl2FN3O4S/c1-24(2)21-39-35(43)33(20-26-9-5-4-6-10-26)40(22-27-15-18-29(36)30(37)19-27)34(42)23-41(32-12-8-7-11-31(32)38)46(44,45)28-16-13-25(3)14-17-28/h4-19,24,33H,20-23H2,1-3H3,(H,39,43)/t33-/m0/s1. The van der Waals surface area contributed by atoms with Crippen molar-refractivity contribution >= 4 is 50.7 Å². The van der Waals surface area contributed by atoms with E-state index in [0.29, 0.717) is 17.1 Å². The smallest absolute Gasteiger partial charge is 0.264 e. The number of para-hydroxylation sites is 1. The van der Waals surface area contributed by atoms with Crippen molar-refractivity contribution in [2.45, 2.75) is 44.7 Å². The Balaban J connectivity index is 1.82. The quantitative estimate of drug-likeness (QED) is 0.164. The fourth-order valence-electron chi connectivity index (χ4n) is 4.82. The number of hydrogen-bond donors (Lipinski definition) is 1. The molecule has 0 fully saturated rings. The monoisotopic (exact) mass is 683 g/mol. The summed E-state index contributed by atoms with van der Waals surface area (Å²) in [6.45, 7) is 5.20. The molecule has 2 amide bonds. The van der Waals surface area contributed by atoms with Gasteiger partial charge in [-0.25, -0.2) is 12.8 Å². The number of aryl methyl sites for hydroxylation is 1. The van der Waals surface area contributed by atoms with E-state index < -0.39 is 40.2 Å². The molecule has 0 spiro atoms. The lowest BCUT2D eigenvalue weighted by atomic mass is 10.0. The number of rotatable bonds is 13. The number of hydrogen-bond acceptors (Lipinski definition) is 4. The van der Waals surface area contributed by atoms with Gasteiger partial charge in [-0.3, -0.25) is 13.9 Å². The number of nitrogens with one attached hydrogen (secondary N) is 1. The van der Waals surface area contributed by atoms with Crippen LogP contribution in [0.5, 0.6) is 0 Å². The Labute approximate surface area is 280 Å². The molecule has 242 valence electrons. The van der Waals surface area contributed by atoms with Gasteiger partial charge in [0.1, 0.15) is 18.4 Å². The van der Waals surface area contributed by atoms with Crippen LogP contribution in [0.1, 0.15) is 30.5 Å². The minimum Gasteiger partial charge on any atom is -0.354 e. The third-order valence-corrected chi connectivity index (χ3v) is 9.81. The molecule has 0 saturated heterocycles. The highest BCUT2D eigenvalue weighted by Gasteiger charge is 2.35. The lowest BCUT2D eigenvalue weighted by Crippen LogP contribution is -2.53. The maximum atomic E-state index is 15.3. The van der Waals surface area contributed by atoms with Crippen LogP contribution < -0.4 is 9.62 Å². The van der Waals surface area contributed by atoms with Gasteiger partial charge in [-0.05, 0) is 60.4 Å². The van der Waals surface area contributed by atoms with Crippen LogP contribution in [-0.4, -0.2) is 44.3 Å². The second-order valence-electron chi connectivity index (χ2n) is 11.4. The van der Waals surface area contributed by atoms with Gasteiger partial charge in [-0.1, -0.05) is 103 Å². The van der Waals surface area contributed by atoms with Crippen LogP contribution >= 0.6 is 23.2 Å². The van der Waals surface area contributed by atoms with Gasteiger partial charge in [-0.2, -0.15) is 0 Å². The molecular weight excluding hydrogens is 648 g/mol. The lowest BCUT2D eigenvalue weighted by molar-refractivity contribution is -0.140. The van der Waals surface area contributed by atoms with Crippen molar-refractivity contribution in [3.8, 4) is 0 Å². The van der Waals surface area contributed by atoms with Crippen molar-refractivity contribution < 1.29 is 22.4 Å². The molecule has 1 atom stereocenters. The van der Waals surface area contributed by atoms with Crippen molar-refractivity contribution in [1.82, 2.24) is 10.2 Å². The molecule has 46 heavy (non-hydrogen) atoms. The van der Waals surface area contributed by atoms with Crippen LogP contribution in [0.15, 0.2) is 102 Å². The highest BCUT2D eigenvalue weighted by molar-refractivity contribution is 7.92. The predicted octanol–water partition coefficient (Wildman–Crippen LogP) is 7.05. The van der Waals surface area contributed by atoms with Crippen molar-refractivity contribution in [3.05, 3.63) is 130 Å². The Morgan fingerprint density at radius 3 is 2.13 bits per heavy atom. The zero-order valence-electron chi connectivity index (χ0n) is 25.8. The highest BCUT2D eigenvalue weighted by Crippen LogP contribution is 2.28. The summed E-state index contributed by atoms with van der Waals surface area (Å²) >= 11 is 12.5. The zero-order valence-corrected chi connectivity index (χ0v) is 28.1. The summed E-state index contributed by atoms with van der Waals surface area (Å²) < 4.78 is 44.1. The first-order valence-electron chi connectivity index (χ1n) is 14.8. The van der Waals surface area contributed by atoms with Crippen LogP contribution in [0.3, 0.4) is 0 Å². The molecule has 4 rings (SSSR count). The Kier molecular flexibility index (Phi) is 11.8. The SMILES string of the molecule is Cc1ccc(S(=O)(=O)N(CC(=O)N(Cc2ccc(Cl)c(Cl)c2)[C@@H](Cc2ccccc2)C(=O)NCC(C)C)c2ccccc2F)cc1. The number of sulfonamides is 1. The topological polar surface area (TPSA) is 86.8 Å². The van der Waals surface area contributed by atoms with E-state index in [-0.39, 0.29) is 34.5 Å². The molecule has 0 aromatic heterocycles. The summed E-state index contributed by atoms with van der Waals surface area (Å²) in [7, 11) is -4.43. The molecule has 0 bridgehead atoms. The Morgan fingerprint density at radius 2 is 1.50 bits per heavy atom. The summed E-state index contributed by atoms with van der Waals surface area (Å²) in [5.74, 6) is -1.82. The minimum atomic E-state index is -4.43. The molecule has 4 aromatic rings. The number of benzene rings is 4. The van der Waals surface area contributed by atoms with Crippen LogP contribution in [-0.2, 0) is 32.6 Å². The number of carbonyl (C=O) groups excluding carboxylic acids is 2. The normalized spacial score (nSPS) is 12.1. The maximum Gasteiger partial charge on any atom is 0.264 e. The first kappa shape index (κ1) is 34.9. The van der Waals surface area contributed by atoms with Gasteiger partial charge in [0.15, 0.2) is 0 Å². The third-order valence-electron chi connectivity index (χ3n) is 7.30. The molecule has 0 saturated carbocycles. The summed E-state index contributed by atoms with van der Waals surface area (Å²) in [6.07, 6.45) is 0.141. The summed E-state index contributed by atoms with van der Waals surface area (Å²) in [6, 6.07) is 24.4. The van der Waals surface area contributed by atoms with Crippen LogP contribution in [0.2, 0.25) is 10.0 Å². The fourth-order valence-corrected chi connectivity index (χ4v) is 6.56. The molecule has 0 aliphatic carbocycles. The van der Waals surface area contributed by atoms with Crippen molar-refractivity contribution in [1.29, 1.82) is 0 Å². The minimum absolute atomic E-state index is 0.0992. The van der Waals surface area contributed by atoms with Gasteiger partial charge < -0.3 is 10.2 Å². The van der Waals surface area contributed by atoms with Gasteiger partial charge in [0, 0.05) is 19.5 Å². The molecule has 0 aliphatic heterocycles. The van der Waals surface area contributed by atoms with E-state index in [9.17, 15) is 18.0 Å². The zero-order chi connectivity index (χ0) is 33.4. The number of anilines is 1. The Hall–Kier alpha value is -3.92. The number of carbonyl (C=O) groups is 2. The highest BCUT2D eigenvalue weighted by atomic mass is 35.5. The largest absolute Gasteiger partial charge is 0.354 e. The van der Waals surface area contributed by atoms with Crippen molar-refractivity contribution in [2.75, 3.05) is 17.4 Å². The number of halogens is 3. The van der Waals surface area contributed by atoms with Crippen LogP contribution in [0.25, 0.3) is 0 Å². The molecule has 11 heteroatoms. The van der Waals surface area contributed by atoms with E-state index in [0.717, 1.165) is 21.5 Å². The fraction of sp³-hybridized carbons (Fsp3) is 0.257. The van der Waals surface area contributed by atoms with E-state index >= 15 is 4.39 Å². The van der Waals surface area contributed by atoms with E-state index in [1.54, 1.807) is 30.3 Å². The number of nitrogens with zero attached hydrogens (tertiary/aromatic N) is 2. The first-order valence-corrected chi connectivity index (χ1v) is 17.0. The molecular formula is C35H36Cl2FN3O4S. The molecule has 1 N–H and O–H groups in total. The third kappa shape index (κ3) is 8.87. The van der Waals surface area contributed by atoms with Crippen molar-refractivity contribution in [2.24, 2.45) is 5.92 Å². The van der Waals surface area contributed by atoms with E-state index in [1.807, 2.05) is 51.1 Å². The molecule has 0 radical (unpaired) electrons. The van der Waals surface area contributed by atoms with E-state index in [1.165, 1.54) is 35.2 Å². The van der Waals surface area contributed by atoms with Gasteiger partial charge in [0.05, 0.1) is 20.6 Å². The first-order chi connectivity index (χ1) is 21.9. The van der Waals surface area contributed by atoms with Gasteiger partial charge in [0.25, 0.3) is 10.0 Å². The summed E-state index contributed by atoms with van der Waals surface area (Å²) in [4.78, 5) is 29.5. The predicted molar refractivity (Wildman–Crippen MR) is 181 cm³/mol. The summed E-state index contributed by atoms with van der Waals surface area (Å²) in [5, 5.41) is 3.50. The maximum absolute atomic E-state index is 15.3. The van der Waals surface area contributed by atoms with Gasteiger partial charge in [0.2, 0.25) is 11.8 Å². The van der Waals surface area contributed by atoms with Crippen LogP contribution in [0, 0.1) is 18.7 Å². The molecule has 0 aliphatic rings. The second kappa shape index (κ2) is 15.6. The average Bonchev–Trinajstić information content (AvgIpc) is 3.03. The van der Waals surface area contributed by atoms with Crippen molar-refractivity contribution in [3.63, 3.8) is 0 Å². The van der Waals surface area contributed by atoms with E-state index in [2.05, 4.69) is 5.32 Å². The lowest BCUT2D eigenvalue weighted by Gasteiger charge is -2.34. The Morgan fingerprint density at radius 1 is 0.848 bits per heavy atom.